The van der Waals surface area contributed by atoms with E-state index in [1.807, 2.05) is 25.1 Å². The first-order chi connectivity index (χ1) is 9.74. The zero-order valence-corrected chi connectivity index (χ0v) is 11.8. The molecule has 0 unspecified atom stereocenters. The van der Waals surface area contributed by atoms with Gasteiger partial charge in [-0.2, -0.15) is 0 Å². The Kier molecular flexibility index (Phi) is 2.41. The van der Waals surface area contributed by atoms with Crippen molar-refractivity contribution >= 4 is 37.8 Å². The molecule has 2 aromatic carbocycles. The zero-order valence-electron chi connectivity index (χ0n) is 11.0. The summed E-state index contributed by atoms with van der Waals surface area (Å²) in [6, 6.07) is 12.0. The molecule has 2 heterocycles. The fraction of sp³-hybridized carbons (Fsp3) is 0.125. The average Bonchev–Trinajstić information content (AvgIpc) is 2.70. The third-order valence-corrected chi connectivity index (χ3v) is 5.09. The van der Waals surface area contributed by atoms with Crippen molar-refractivity contribution in [3.8, 4) is 5.75 Å². The number of phenolic OH excluding ortho intramolecular Hbond substituents is 1. The summed E-state index contributed by atoms with van der Waals surface area (Å²) in [5.41, 5.74) is 4.44. The fourth-order valence-electron chi connectivity index (χ4n) is 2.67. The van der Waals surface area contributed by atoms with Crippen LogP contribution in [-0.4, -0.2) is 5.11 Å². The first kappa shape index (κ1) is 11.6. The lowest BCUT2D eigenvalue weighted by atomic mass is 10.1. The van der Waals surface area contributed by atoms with Crippen LogP contribution < -0.4 is 10.6 Å². The van der Waals surface area contributed by atoms with Crippen LogP contribution in [0, 0.1) is 6.92 Å². The van der Waals surface area contributed by atoms with Gasteiger partial charge in [0, 0.05) is 27.8 Å². The first-order valence-corrected chi connectivity index (χ1v) is 7.39. The van der Waals surface area contributed by atoms with Crippen LogP contribution >= 0.6 is 11.3 Å². The number of hydrogen-bond acceptors (Lipinski definition) is 4. The molecular weight excluding hydrogens is 268 g/mol. The van der Waals surface area contributed by atoms with Crippen molar-refractivity contribution in [2.45, 2.75) is 13.5 Å². The molecule has 0 amide bonds. The lowest BCUT2D eigenvalue weighted by molar-refractivity contribution is 0.472. The highest BCUT2D eigenvalue weighted by molar-refractivity contribution is 7.23. The minimum absolute atomic E-state index is 0.363. The summed E-state index contributed by atoms with van der Waals surface area (Å²) in [4.78, 5) is 0. The van der Waals surface area contributed by atoms with Gasteiger partial charge in [-0.25, -0.2) is 0 Å². The number of nitrogens with one attached hydrogen (secondary N) is 2. The maximum Gasteiger partial charge on any atom is 0.119 e. The summed E-state index contributed by atoms with van der Waals surface area (Å²) in [6.45, 7) is 2.76. The van der Waals surface area contributed by atoms with Crippen LogP contribution in [0.4, 0.5) is 16.4 Å². The quantitative estimate of drug-likeness (QED) is 0.565. The number of benzene rings is 2. The van der Waals surface area contributed by atoms with E-state index in [1.54, 1.807) is 17.4 Å². The number of aryl methyl sites for hydroxylation is 1. The molecule has 3 nitrogen and oxygen atoms in total. The number of anilines is 3. The van der Waals surface area contributed by atoms with Crippen LogP contribution in [0.3, 0.4) is 0 Å². The van der Waals surface area contributed by atoms with Crippen LogP contribution in [0.15, 0.2) is 36.4 Å². The van der Waals surface area contributed by atoms with E-state index in [2.05, 4.69) is 22.8 Å². The Morgan fingerprint density at radius 2 is 1.90 bits per heavy atom. The van der Waals surface area contributed by atoms with Gasteiger partial charge >= 0.3 is 0 Å². The van der Waals surface area contributed by atoms with E-state index < -0.39 is 0 Å². The minimum atomic E-state index is 0.363. The summed E-state index contributed by atoms with van der Waals surface area (Å²) in [7, 11) is 0. The molecule has 0 spiro atoms. The number of phenols is 1. The van der Waals surface area contributed by atoms with Crippen molar-refractivity contribution in [1.82, 2.24) is 0 Å². The molecule has 100 valence electrons. The Morgan fingerprint density at radius 1 is 1.10 bits per heavy atom. The van der Waals surface area contributed by atoms with Crippen molar-refractivity contribution in [3.05, 3.63) is 47.5 Å². The predicted molar refractivity (Wildman–Crippen MR) is 85.3 cm³/mol. The molecule has 0 aliphatic carbocycles. The Bertz CT molecular complexity index is 823. The summed E-state index contributed by atoms with van der Waals surface area (Å²) in [5, 5.41) is 19.2. The number of rotatable bonds is 0. The van der Waals surface area contributed by atoms with E-state index in [9.17, 15) is 5.11 Å². The molecule has 0 saturated carbocycles. The average molecular weight is 282 g/mol. The number of aromatic hydroxyl groups is 1. The maximum absolute atomic E-state index is 9.86. The highest BCUT2D eigenvalue weighted by atomic mass is 32.1. The summed E-state index contributed by atoms with van der Waals surface area (Å²) in [5.74, 6) is 0.363. The molecule has 4 heteroatoms. The standard InChI is InChI=1S/C16H14N2OS/c1-9-14(19)7-6-10-11-8-17-12-4-2-3-5-13(12)18-16(11)20-15(9)10/h2-7,17-19H,8H2,1H3. The largest absolute Gasteiger partial charge is 0.508 e. The summed E-state index contributed by atoms with van der Waals surface area (Å²) in [6.07, 6.45) is 0. The normalized spacial score (nSPS) is 13.1. The van der Waals surface area contributed by atoms with Gasteiger partial charge in [-0.15, -0.1) is 11.3 Å². The van der Waals surface area contributed by atoms with Gasteiger partial charge in [-0.05, 0) is 31.2 Å². The van der Waals surface area contributed by atoms with Crippen molar-refractivity contribution < 1.29 is 5.11 Å². The van der Waals surface area contributed by atoms with Gasteiger partial charge in [0.05, 0.1) is 16.4 Å². The van der Waals surface area contributed by atoms with Gasteiger partial charge in [0.25, 0.3) is 0 Å². The SMILES string of the molecule is Cc1c(O)ccc2c3c(sc12)Nc1ccccc1NC3. The molecule has 1 aliphatic rings. The highest BCUT2D eigenvalue weighted by Crippen LogP contribution is 2.44. The van der Waals surface area contributed by atoms with Crippen LogP contribution in [0.2, 0.25) is 0 Å². The van der Waals surface area contributed by atoms with Gasteiger partial charge in [0.2, 0.25) is 0 Å². The highest BCUT2D eigenvalue weighted by Gasteiger charge is 2.18. The van der Waals surface area contributed by atoms with Crippen molar-refractivity contribution in [3.63, 3.8) is 0 Å². The minimum Gasteiger partial charge on any atom is -0.508 e. The second-order valence-corrected chi connectivity index (χ2v) is 6.04. The van der Waals surface area contributed by atoms with Gasteiger partial charge in [0.1, 0.15) is 5.75 Å². The number of hydrogen-bond donors (Lipinski definition) is 3. The first-order valence-electron chi connectivity index (χ1n) is 6.58. The van der Waals surface area contributed by atoms with Crippen LogP contribution in [0.1, 0.15) is 11.1 Å². The number of thiophene rings is 1. The van der Waals surface area contributed by atoms with Crippen molar-refractivity contribution in [1.29, 1.82) is 0 Å². The maximum atomic E-state index is 9.86. The van der Waals surface area contributed by atoms with Gasteiger partial charge in [0.15, 0.2) is 0 Å². The molecule has 0 saturated heterocycles. The molecule has 3 N–H and O–H groups in total. The lowest BCUT2D eigenvalue weighted by Crippen LogP contribution is -1.96. The Hall–Kier alpha value is -2.20. The smallest absolute Gasteiger partial charge is 0.119 e. The third-order valence-electron chi connectivity index (χ3n) is 3.81. The Morgan fingerprint density at radius 3 is 2.75 bits per heavy atom. The van der Waals surface area contributed by atoms with Crippen molar-refractivity contribution in [2.75, 3.05) is 10.6 Å². The summed E-state index contributed by atoms with van der Waals surface area (Å²) >= 11 is 1.71. The topological polar surface area (TPSA) is 44.3 Å². The third kappa shape index (κ3) is 1.58. The molecule has 4 rings (SSSR count). The molecule has 0 atom stereocenters. The van der Waals surface area contributed by atoms with Crippen molar-refractivity contribution in [2.24, 2.45) is 0 Å². The zero-order chi connectivity index (χ0) is 13.7. The summed E-state index contributed by atoms with van der Waals surface area (Å²) < 4.78 is 1.16. The van der Waals surface area contributed by atoms with E-state index in [0.717, 1.165) is 33.2 Å². The molecule has 20 heavy (non-hydrogen) atoms. The van der Waals surface area contributed by atoms with E-state index in [4.69, 9.17) is 0 Å². The Labute approximate surface area is 120 Å². The molecular formula is C16H14N2OS. The van der Waals surface area contributed by atoms with Gasteiger partial charge in [-0.3, -0.25) is 0 Å². The second kappa shape index (κ2) is 4.15. The van der Waals surface area contributed by atoms with Crippen LogP contribution in [0.5, 0.6) is 5.75 Å². The van der Waals surface area contributed by atoms with Crippen LogP contribution in [0.25, 0.3) is 10.1 Å². The Balaban J connectivity index is 1.94. The van der Waals surface area contributed by atoms with E-state index in [1.165, 1.54) is 10.9 Å². The molecule has 0 radical (unpaired) electrons. The van der Waals surface area contributed by atoms with E-state index in [0.29, 0.717) is 5.75 Å². The van der Waals surface area contributed by atoms with Gasteiger partial charge in [-0.1, -0.05) is 12.1 Å². The number of fused-ring (bicyclic) bond motifs is 4. The number of para-hydroxylation sites is 2. The molecule has 1 aliphatic heterocycles. The van der Waals surface area contributed by atoms with Crippen LogP contribution in [-0.2, 0) is 6.54 Å². The fourth-order valence-corrected chi connectivity index (χ4v) is 3.89. The molecule has 1 aromatic heterocycles. The van der Waals surface area contributed by atoms with E-state index in [-0.39, 0.29) is 0 Å². The molecule has 0 bridgehead atoms. The molecule has 3 aromatic rings. The molecule has 0 fully saturated rings. The van der Waals surface area contributed by atoms with E-state index >= 15 is 0 Å². The predicted octanol–water partition coefficient (Wildman–Crippen LogP) is 4.58. The monoisotopic (exact) mass is 282 g/mol. The lowest BCUT2D eigenvalue weighted by Gasteiger charge is -2.07. The second-order valence-electron chi connectivity index (χ2n) is 5.02. The van der Waals surface area contributed by atoms with Gasteiger partial charge < -0.3 is 15.7 Å².